The van der Waals surface area contributed by atoms with Gasteiger partial charge in [-0.15, -0.1) is 0 Å². The number of rotatable bonds is 5. The van der Waals surface area contributed by atoms with Crippen molar-refractivity contribution in [2.24, 2.45) is 5.92 Å². The van der Waals surface area contributed by atoms with Crippen LogP contribution >= 0.6 is 0 Å². The summed E-state index contributed by atoms with van der Waals surface area (Å²) in [6, 6.07) is 0. The summed E-state index contributed by atoms with van der Waals surface area (Å²) in [5.74, 6) is 0.217. The van der Waals surface area contributed by atoms with Gasteiger partial charge in [-0.2, -0.15) is 18.2 Å². The average molecular weight is 276 g/mol. The number of aryl methyl sites for hydroxylation is 1. The van der Waals surface area contributed by atoms with Gasteiger partial charge in [0, 0.05) is 12.3 Å². The van der Waals surface area contributed by atoms with Gasteiger partial charge < -0.3 is 4.52 Å². The first-order valence-electron chi connectivity index (χ1n) is 6.35. The second kappa shape index (κ2) is 5.71. The number of hydrogen-bond acceptors (Lipinski definition) is 4. The van der Waals surface area contributed by atoms with Gasteiger partial charge >= 0.3 is 6.18 Å². The number of hydrogen-bond donors (Lipinski definition) is 0. The van der Waals surface area contributed by atoms with Crippen LogP contribution in [0.5, 0.6) is 0 Å². The largest absolute Gasteiger partial charge is 0.389 e. The topological polar surface area (TPSA) is 56.0 Å². The van der Waals surface area contributed by atoms with E-state index >= 15 is 0 Å². The molecule has 0 N–H and O–H groups in total. The van der Waals surface area contributed by atoms with Crippen LogP contribution in [0.25, 0.3) is 0 Å². The van der Waals surface area contributed by atoms with Crippen LogP contribution in [0.2, 0.25) is 0 Å². The second-order valence-electron chi connectivity index (χ2n) is 4.84. The van der Waals surface area contributed by atoms with Gasteiger partial charge in [0.05, 0.1) is 12.8 Å². The molecule has 1 aliphatic carbocycles. The maximum atomic E-state index is 12.0. The van der Waals surface area contributed by atoms with E-state index in [1.807, 2.05) is 0 Å². The fourth-order valence-electron chi connectivity index (χ4n) is 2.26. The smallest absolute Gasteiger partial charge is 0.339 e. The summed E-state index contributed by atoms with van der Waals surface area (Å²) in [5.41, 5.74) is 0. The van der Waals surface area contributed by atoms with Crippen LogP contribution in [-0.2, 0) is 17.6 Å². The molecular formula is C12H15F3N2O2. The summed E-state index contributed by atoms with van der Waals surface area (Å²) >= 11 is 0. The van der Waals surface area contributed by atoms with Crippen LogP contribution in [0, 0.1) is 5.92 Å². The molecule has 7 heteroatoms. The Hall–Kier alpha value is -1.40. The molecule has 0 unspecified atom stereocenters. The van der Waals surface area contributed by atoms with Gasteiger partial charge in [-0.05, 0) is 12.8 Å². The van der Waals surface area contributed by atoms with Crippen LogP contribution < -0.4 is 0 Å². The summed E-state index contributed by atoms with van der Waals surface area (Å²) in [6.45, 7) is 0. The van der Waals surface area contributed by atoms with E-state index in [-0.39, 0.29) is 36.3 Å². The number of alkyl halides is 3. The molecule has 0 spiro atoms. The van der Waals surface area contributed by atoms with Gasteiger partial charge in [-0.3, -0.25) is 4.79 Å². The van der Waals surface area contributed by atoms with E-state index < -0.39 is 12.6 Å². The molecule has 1 fully saturated rings. The quantitative estimate of drug-likeness (QED) is 0.829. The van der Waals surface area contributed by atoms with E-state index in [2.05, 4.69) is 10.1 Å². The number of carbonyl (C=O) groups excluding carboxylic acids is 1. The minimum absolute atomic E-state index is 0.00606. The number of nitrogens with zero attached hydrogens (tertiary/aromatic N) is 2. The van der Waals surface area contributed by atoms with Crippen molar-refractivity contribution in [2.45, 2.75) is 51.1 Å². The SMILES string of the molecule is O=C(Cc1nc(CCC(F)(F)F)no1)C1CCCC1. The van der Waals surface area contributed by atoms with E-state index in [0.29, 0.717) is 0 Å². The van der Waals surface area contributed by atoms with E-state index in [0.717, 1.165) is 25.7 Å². The zero-order valence-electron chi connectivity index (χ0n) is 10.4. The predicted octanol–water partition coefficient (Wildman–Crippen LogP) is 2.87. The molecule has 1 saturated carbocycles. The van der Waals surface area contributed by atoms with E-state index in [1.165, 1.54) is 0 Å². The standard InChI is InChI=1S/C12H15F3N2O2/c13-12(14,15)6-5-10-16-11(19-17-10)7-9(18)8-3-1-2-4-8/h8H,1-7H2. The van der Waals surface area contributed by atoms with Crippen molar-refractivity contribution in [1.82, 2.24) is 10.1 Å². The number of halogens is 3. The van der Waals surface area contributed by atoms with Gasteiger partial charge in [-0.1, -0.05) is 18.0 Å². The number of aromatic nitrogens is 2. The molecule has 4 nitrogen and oxygen atoms in total. The molecule has 0 aliphatic heterocycles. The third kappa shape index (κ3) is 4.33. The molecule has 0 bridgehead atoms. The fourth-order valence-corrected chi connectivity index (χ4v) is 2.26. The third-order valence-electron chi connectivity index (χ3n) is 3.28. The summed E-state index contributed by atoms with van der Waals surface area (Å²) in [6.07, 6.45) is -1.63. The van der Waals surface area contributed by atoms with Crippen LogP contribution in [0.4, 0.5) is 13.2 Å². The molecular weight excluding hydrogens is 261 g/mol. The van der Waals surface area contributed by atoms with Crippen LogP contribution in [0.1, 0.15) is 43.8 Å². The van der Waals surface area contributed by atoms with Crippen LogP contribution in [-0.4, -0.2) is 22.1 Å². The number of ketones is 1. The van der Waals surface area contributed by atoms with Crippen LogP contribution in [0.3, 0.4) is 0 Å². The highest BCUT2D eigenvalue weighted by Gasteiger charge is 2.28. The highest BCUT2D eigenvalue weighted by molar-refractivity contribution is 5.82. The van der Waals surface area contributed by atoms with E-state index in [1.54, 1.807) is 0 Å². The summed E-state index contributed by atoms with van der Waals surface area (Å²) in [5, 5.41) is 3.46. The molecule has 0 aromatic carbocycles. The van der Waals surface area contributed by atoms with Gasteiger partial charge in [0.2, 0.25) is 5.89 Å². The highest BCUT2D eigenvalue weighted by Crippen LogP contribution is 2.26. The minimum atomic E-state index is -4.24. The molecule has 106 valence electrons. The summed E-state index contributed by atoms with van der Waals surface area (Å²) < 4.78 is 40.9. The van der Waals surface area contributed by atoms with Crippen molar-refractivity contribution in [3.8, 4) is 0 Å². The van der Waals surface area contributed by atoms with Crippen molar-refractivity contribution in [3.63, 3.8) is 0 Å². The number of Topliss-reactive ketones (excluding diaryl/α,β-unsaturated/α-hetero) is 1. The average Bonchev–Trinajstić information content (AvgIpc) is 2.96. The second-order valence-corrected chi connectivity index (χ2v) is 4.84. The Morgan fingerprint density at radius 1 is 1.32 bits per heavy atom. The third-order valence-corrected chi connectivity index (χ3v) is 3.28. The molecule has 2 rings (SSSR count). The highest BCUT2D eigenvalue weighted by atomic mass is 19.4. The Morgan fingerprint density at radius 2 is 2.00 bits per heavy atom. The lowest BCUT2D eigenvalue weighted by Crippen LogP contribution is -2.13. The monoisotopic (exact) mass is 276 g/mol. The molecule has 19 heavy (non-hydrogen) atoms. The van der Waals surface area contributed by atoms with E-state index in [9.17, 15) is 18.0 Å². The summed E-state index contributed by atoms with van der Waals surface area (Å²) in [7, 11) is 0. The normalized spacial score (nSPS) is 17.0. The lowest BCUT2D eigenvalue weighted by Gasteiger charge is -2.04. The van der Waals surface area contributed by atoms with E-state index in [4.69, 9.17) is 4.52 Å². The first kappa shape index (κ1) is 14.0. The maximum absolute atomic E-state index is 12.0. The van der Waals surface area contributed by atoms with Gasteiger partial charge in [0.1, 0.15) is 5.78 Å². The molecule has 0 radical (unpaired) electrons. The Morgan fingerprint density at radius 3 is 2.63 bits per heavy atom. The molecule has 0 amide bonds. The Labute approximate surface area is 108 Å². The molecule has 1 aromatic rings. The zero-order valence-corrected chi connectivity index (χ0v) is 10.4. The van der Waals surface area contributed by atoms with Gasteiger partial charge in [0.25, 0.3) is 0 Å². The van der Waals surface area contributed by atoms with Crippen molar-refractivity contribution in [1.29, 1.82) is 0 Å². The molecule has 0 atom stereocenters. The Balaban J connectivity index is 1.85. The van der Waals surface area contributed by atoms with Crippen molar-refractivity contribution >= 4 is 5.78 Å². The van der Waals surface area contributed by atoms with Crippen LogP contribution in [0.15, 0.2) is 4.52 Å². The Bertz CT molecular complexity index is 436. The number of carbonyl (C=O) groups is 1. The van der Waals surface area contributed by atoms with Crippen molar-refractivity contribution in [2.75, 3.05) is 0 Å². The van der Waals surface area contributed by atoms with Crippen molar-refractivity contribution < 1.29 is 22.5 Å². The Kier molecular flexibility index (Phi) is 4.21. The molecule has 1 heterocycles. The molecule has 0 saturated heterocycles. The lowest BCUT2D eigenvalue weighted by molar-refractivity contribution is -0.134. The summed E-state index contributed by atoms with van der Waals surface area (Å²) in [4.78, 5) is 15.7. The minimum Gasteiger partial charge on any atom is -0.339 e. The van der Waals surface area contributed by atoms with Gasteiger partial charge in [0.15, 0.2) is 5.82 Å². The lowest BCUT2D eigenvalue weighted by atomic mass is 10.0. The zero-order chi connectivity index (χ0) is 13.9. The van der Waals surface area contributed by atoms with Crippen molar-refractivity contribution in [3.05, 3.63) is 11.7 Å². The van der Waals surface area contributed by atoms with Gasteiger partial charge in [-0.25, -0.2) is 0 Å². The first-order valence-corrected chi connectivity index (χ1v) is 6.35. The molecule has 1 aliphatic rings. The predicted molar refractivity (Wildman–Crippen MR) is 59.3 cm³/mol. The fraction of sp³-hybridized carbons (Fsp3) is 0.750. The maximum Gasteiger partial charge on any atom is 0.389 e. The molecule has 1 aromatic heterocycles. The first-order chi connectivity index (χ1) is 8.94.